The van der Waals surface area contributed by atoms with Gasteiger partial charge in [0, 0.05) is 18.2 Å². The molecule has 152 valence electrons. The van der Waals surface area contributed by atoms with Gasteiger partial charge in [-0.15, -0.1) is 13.2 Å². The summed E-state index contributed by atoms with van der Waals surface area (Å²) in [7, 11) is 0. The maximum atomic E-state index is 13.0. The van der Waals surface area contributed by atoms with E-state index in [4.69, 9.17) is 11.6 Å². The number of nitrogens with one attached hydrogen (secondary N) is 1. The lowest BCUT2D eigenvalue weighted by Crippen LogP contribution is -2.17. The van der Waals surface area contributed by atoms with Crippen molar-refractivity contribution in [3.05, 3.63) is 71.3 Å². The lowest BCUT2D eigenvalue weighted by Gasteiger charge is -2.13. The zero-order chi connectivity index (χ0) is 21.0. The second kappa shape index (κ2) is 8.62. The Hall–Kier alpha value is -2.91. The van der Waals surface area contributed by atoms with Gasteiger partial charge in [-0.2, -0.15) is 0 Å². The molecule has 0 saturated carbocycles. The van der Waals surface area contributed by atoms with Crippen LogP contribution in [0.5, 0.6) is 5.75 Å². The van der Waals surface area contributed by atoms with E-state index in [9.17, 15) is 22.7 Å². The van der Waals surface area contributed by atoms with Gasteiger partial charge in [0.25, 0.3) is 0 Å². The summed E-state index contributed by atoms with van der Waals surface area (Å²) in [6, 6.07) is 10.8. The summed E-state index contributed by atoms with van der Waals surface area (Å²) in [6.07, 6.45) is -4.49. The first-order valence-corrected chi connectivity index (χ1v) is 8.64. The molecule has 3 rings (SSSR count). The molecule has 0 amide bonds. The van der Waals surface area contributed by atoms with E-state index in [1.165, 1.54) is 42.7 Å². The predicted octanol–water partition coefficient (Wildman–Crippen LogP) is 4.98. The number of anilines is 1. The lowest BCUT2D eigenvalue weighted by molar-refractivity contribution is -0.274. The van der Waals surface area contributed by atoms with E-state index in [2.05, 4.69) is 20.0 Å². The minimum atomic E-state index is -4.84. The highest BCUT2D eigenvalue weighted by Crippen LogP contribution is 2.33. The Labute approximate surface area is 168 Å². The molecule has 0 bridgehead atoms. The van der Waals surface area contributed by atoms with Crippen molar-refractivity contribution < 1.29 is 27.4 Å². The normalized spacial score (nSPS) is 12.5. The van der Waals surface area contributed by atoms with Gasteiger partial charge in [-0.05, 0) is 35.9 Å². The predicted molar refractivity (Wildman–Crippen MR) is 99.0 cm³/mol. The van der Waals surface area contributed by atoms with Crippen LogP contribution in [0.1, 0.15) is 11.7 Å². The van der Waals surface area contributed by atoms with Crippen molar-refractivity contribution in [2.24, 2.45) is 0 Å². The quantitative estimate of drug-likeness (QED) is 0.543. The van der Waals surface area contributed by atoms with Crippen LogP contribution in [-0.2, 0) is 0 Å². The molecule has 2 N–H and O–H groups in total. The highest BCUT2D eigenvalue weighted by molar-refractivity contribution is 6.32. The van der Waals surface area contributed by atoms with Crippen molar-refractivity contribution in [2.75, 3.05) is 11.9 Å². The molecule has 29 heavy (non-hydrogen) atoms. The fourth-order valence-electron chi connectivity index (χ4n) is 2.48. The third-order valence-electron chi connectivity index (χ3n) is 3.85. The van der Waals surface area contributed by atoms with E-state index in [0.717, 1.165) is 6.07 Å². The van der Waals surface area contributed by atoms with Crippen LogP contribution in [0.15, 0.2) is 54.9 Å². The fourth-order valence-corrected chi connectivity index (χ4v) is 2.70. The Morgan fingerprint density at radius 2 is 1.79 bits per heavy atom. The molecule has 0 fully saturated rings. The number of rotatable bonds is 6. The number of benzene rings is 2. The Bertz CT molecular complexity index is 984. The van der Waals surface area contributed by atoms with Crippen LogP contribution in [0.4, 0.5) is 23.4 Å². The summed E-state index contributed by atoms with van der Waals surface area (Å²) in [4.78, 5) is 8.11. The molecule has 1 unspecified atom stereocenters. The molecule has 0 aliphatic heterocycles. The summed E-state index contributed by atoms with van der Waals surface area (Å²) in [6.45, 7) is 0.0984. The van der Waals surface area contributed by atoms with Crippen molar-refractivity contribution in [2.45, 2.75) is 12.5 Å². The molecule has 1 aromatic heterocycles. The Kier molecular flexibility index (Phi) is 6.19. The van der Waals surface area contributed by atoms with Gasteiger partial charge in [0.05, 0.1) is 16.8 Å². The molecule has 0 aliphatic carbocycles. The standard InChI is InChI=1S/C19H14ClF4N3O2/c20-14-7-12(3-6-17(14)29-19(22,23)24)15-8-18(27-10-26-15)25-9-16(28)11-1-4-13(21)5-2-11/h1-8,10,16,28H,9H2,(H,25,26,27). The smallest absolute Gasteiger partial charge is 0.404 e. The first-order valence-electron chi connectivity index (χ1n) is 8.26. The van der Waals surface area contributed by atoms with Crippen LogP contribution >= 0.6 is 11.6 Å². The maximum absolute atomic E-state index is 13.0. The van der Waals surface area contributed by atoms with Crippen molar-refractivity contribution in [3.63, 3.8) is 0 Å². The Morgan fingerprint density at radius 1 is 1.07 bits per heavy atom. The third-order valence-corrected chi connectivity index (χ3v) is 4.15. The van der Waals surface area contributed by atoms with Crippen LogP contribution in [-0.4, -0.2) is 28.0 Å². The highest BCUT2D eigenvalue weighted by atomic mass is 35.5. The van der Waals surface area contributed by atoms with Crippen molar-refractivity contribution >= 4 is 17.4 Å². The van der Waals surface area contributed by atoms with E-state index in [0.29, 0.717) is 22.6 Å². The van der Waals surface area contributed by atoms with E-state index in [-0.39, 0.29) is 11.6 Å². The molecule has 0 spiro atoms. The summed E-state index contributed by atoms with van der Waals surface area (Å²) in [5, 5.41) is 12.9. The maximum Gasteiger partial charge on any atom is 0.573 e. The molecule has 1 atom stereocenters. The largest absolute Gasteiger partial charge is 0.573 e. The molecule has 3 aromatic rings. The number of aliphatic hydroxyl groups is 1. The van der Waals surface area contributed by atoms with E-state index in [1.807, 2.05) is 0 Å². The van der Waals surface area contributed by atoms with Gasteiger partial charge in [0.1, 0.15) is 23.7 Å². The number of aromatic nitrogens is 2. The lowest BCUT2D eigenvalue weighted by atomic mass is 10.1. The van der Waals surface area contributed by atoms with E-state index in [1.54, 1.807) is 6.07 Å². The molecular weight excluding hydrogens is 414 g/mol. The second-order valence-corrected chi connectivity index (χ2v) is 6.34. The monoisotopic (exact) mass is 427 g/mol. The van der Waals surface area contributed by atoms with Gasteiger partial charge in [-0.25, -0.2) is 14.4 Å². The van der Waals surface area contributed by atoms with Gasteiger partial charge in [-0.3, -0.25) is 0 Å². The number of hydrogen-bond donors (Lipinski definition) is 2. The average Bonchev–Trinajstić information content (AvgIpc) is 2.67. The highest BCUT2D eigenvalue weighted by Gasteiger charge is 2.32. The van der Waals surface area contributed by atoms with Crippen LogP contribution in [0.25, 0.3) is 11.3 Å². The molecule has 2 aromatic carbocycles. The number of ether oxygens (including phenoxy) is 1. The summed E-state index contributed by atoms with van der Waals surface area (Å²) in [5.74, 6) is -0.541. The van der Waals surface area contributed by atoms with Crippen molar-refractivity contribution in [3.8, 4) is 17.0 Å². The SMILES string of the molecule is OC(CNc1cc(-c2ccc(OC(F)(F)F)c(Cl)c2)ncn1)c1ccc(F)cc1. The summed E-state index contributed by atoms with van der Waals surface area (Å²) < 4.78 is 53.8. The Morgan fingerprint density at radius 3 is 2.45 bits per heavy atom. The van der Waals surface area contributed by atoms with Gasteiger partial charge in [-0.1, -0.05) is 23.7 Å². The van der Waals surface area contributed by atoms with Gasteiger partial charge < -0.3 is 15.2 Å². The van der Waals surface area contributed by atoms with Gasteiger partial charge in [0.2, 0.25) is 0 Å². The minimum absolute atomic E-state index is 0.0984. The van der Waals surface area contributed by atoms with Gasteiger partial charge >= 0.3 is 6.36 Å². The number of nitrogens with zero attached hydrogens (tertiary/aromatic N) is 2. The molecule has 0 saturated heterocycles. The third kappa shape index (κ3) is 5.78. The molecule has 10 heteroatoms. The minimum Gasteiger partial charge on any atom is -0.404 e. The Balaban J connectivity index is 1.70. The molecule has 5 nitrogen and oxygen atoms in total. The number of halogens is 5. The van der Waals surface area contributed by atoms with Crippen LogP contribution in [0.2, 0.25) is 5.02 Å². The van der Waals surface area contributed by atoms with Crippen molar-refractivity contribution in [1.29, 1.82) is 0 Å². The van der Waals surface area contributed by atoms with Crippen LogP contribution < -0.4 is 10.1 Å². The molecule has 0 radical (unpaired) electrons. The van der Waals surface area contributed by atoms with Gasteiger partial charge in [0.15, 0.2) is 0 Å². The zero-order valence-corrected chi connectivity index (χ0v) is 15.4. The molecular formula is C19H14ClF4N3O2. The molecule has 0 aliphatic rings. The fraction of sp³-hybridized carbons (Fsp3) is 0.158. The number of aliphatic hydroxyl groups excluding tert-OH is 1. The first kappa shape index (κ1) is 20.8. The van der Waals surface area contributed by atoms with Crippen molar-refractivity contribution in [1.82, 2.24) is 9.97 Å². The van der Waals surface area contributed by atoms with E-state index >= 15 is 0 Å². The average molecular weight is 428 g/mol. The number of alkyl halides is 3. The topological polar surface area (TPSA) is 67.3 Å². The van der Waals surface area contributed by atoms with Crippen LogP contribution in [0, 0.1) is 5.82 Å². The number of hydrogen-bond acceptors (Lipinski definition) is 5. The summed E-state index contributed by atoms with van der Waals surface area (Å²) in [5.41, 5.74) is 1.38. The van der Waals surface area contributed by atoms with Crippen LogP contribution in [0.3, 0.4) is 0 Å². The zero-order valence-electron chi connectivity index (χ0n) is 14.6. The van der Waals surface area contributed by atoms with E-state index < -0.39 is 24.0 Å². The summed E-state index contributed by atoms with van der Waals surface area (Å²) >= 11 is 5.86. The molecule has 1 heterocycles. The first-order chi connectivity index (χ1) is 13.7. The second-order valence-electron chi connectivity index (χ2n) is 5.93.